The second-order valence-corrected chi connectivity index (χ2v) is 6.39. The third-order valence-corrected chi connectivity index (χ3v) is 3.25. The van der Waals surface area contributed by atoms with Gasteiger partial charge in [0, 0.05) is 7.05 Å². The van der Waals surface area contributed by atoms with Crippen molar-refractivity contribution in [2.45, 2.75) is 39.2 Å². The SMILES string of the molecule is CC(O)COc1ccc(C(C)(C)C)cc1-n1nnn(C)c1=O. The summed E-state index contributed by atoms with van der Waals surface area (Å²) in [7, 11) is 1.54. The Morgan fingerprint density at radius 2 is 2.00 bits per heavy atom. The lowest BCUT2D eigenvalue weighted by atomic mass is 9.87. The van der Waals surface area contributed by atoms with Gasteiger partial charge >= 0.3 is 5.69 Å². The highest BCUT2D eigenvalue weighted by molar-refractivity contribution is 5.49. The number of aryl methyl sites for hydroxylation is 1. The van der Waals surface area contributed by atoms with Gasteiger partial charge in [0.1, 0.15) is 18.0 Å². The van der Waals surface area contributed by atoms with Crippen molar-refractivity contribution in [2.24, 2.45) is 7.05 Å². The zero-order valence-corrected chi connectivity index (χ0v) is 13.6. The van der Waals surface area contributed by atoms with Crippen LogP contribution in [-0.2, 0) is 12.5 Å². The molecule has 7 nitrogen and oxygen atoms in total. The highest BCUT2D eigenvalue weighted by atomic mass is 16.5. The highest BCUT2D eigenvalue weighted by Crippen LogP contribution is 2.29. The van der Waals surface area contributed by atoms with Crippen LogP contribution >= 0.6 is 0 Å². The number of benzene rings is 1. The predicted molar refractivity (Wildman–Crippen MR) is 82.5 cm³/mol. The maximum absolute atomic E-state index is 12.1. The first-order valence-electron chi connectivity index (χ1n) is 7.15. The van der Waals surface area contributed by atoms with Gasteiger partial charge in [-0.25, -0.2) is 4.79 Å². The summed E-state index contributed by atoms with van der Waals surface area (Å²) in [6.07, 6.45) is -0.603. The summed E-state index contributed by atoms with van der Waals surface area (Å²) in [5.74, 6) is 0.483. The van der Waals surface area contributed by atoms with E-state index in [1.807, 2.05) is 12.1 Å². The number of aliphatic hydroxyl groups is 1. The summed E-state index contributed by atoms with van der Waals surface area (Å²) in [6, 6.07) is 5.61. The molecule has 1 heterocycles. The third-order valence-electron chi connectivity index (χ3n) is 3.25. The van der Waals surface area contributed by atoms with Gasteiger partial charge in [-0.3, -0.25) is 0 Å². The molecule has 1 atom stereocenters. The first kappa shape index (κ1) is 16.2. The molecule has 1 unspecified atom stereocenters. The average Bonchev–Trinajstić information content (AvgIpc) is 2.75. The Morgan fingerprint density at radius 3 is 2.50 bits per heavy atom. The molecular weight excluding hydrogens is 284 g/mol. The van der Waals surface area contributed by atoms with Crippen molar-refractivity contribution in [1.29, 1.82) is 0 Å². The van der Waals surface area contributed by atoms with Gasteiger partial charge in [-0.1, -0.05) is 26.8 Å². The van der Waals surface area contributed by atoms with Gasteiger partial charge in [0.05, 0.1) is 6.10 Å². The zero-order valence-electron chi connectivity index (χ0n) is 13.6. The van der Waals surface area contributed by atoms with Crippen LogP contribution in [0, 0.1) is 0 Å². The summed E-state index contributed by atoms with van der Waals surface area (Å²) in [4.78, 5) is 12.1. The molecule has 1 aromatic carbocycles. The van der Waals surface area contributed by atoms with E-state index in [9.17, 15) is 9.90 Å². The van der Waals surface area contributed by atoms with Crippen LogP contribution < -0.4 is 10.4 Å². The number of nitrogens with zero attached hydrogens (tertiary/aromatic N) is 4. The van der Waals surface area contributed by atoms with Crippen molar-refractivity contribution in [3.05, 3.63) is 34.2 Å². The summed E-state index contributed by atoms with van der Waals surface area (Å²) in [6.45, 7) is 8.03. The molecule has 0 amide bonds. The lowest BCUT2D eigenvalue weighted by molar-refractivity contribution is 0.122. The summed E-state index contributed by atoms with van der Waals surface area (Å²) < 4.78 is 7.95. The molecular formula is C15H22N4O3. The maximum atomic E-state index is 12.1. The molecule has 0 aliphatic rings. The average molecular weight is 306 g/mol. The summed E-state index contributed by atoms with van der Waals surface area (Å²) >= 11 is 0. The van der Waals surface area contributed by atoms with Crippen LogP contribution in [0.25, 0.3) is 5.69 Å². The minimum absolute atomic E-state index is 0.0800. The molecule has 7 heteroatoms. The largest absolute Gasteiger partial charge is 0.489 e. The number of ether oxygens (including phenoxy) is 1. The van der Waals surface area contributed by atoms with Crippen LogP contribution in [-0.4, -0.2) is 37.6 Å². The topological polar surface area (TPSA) is 82.2 Å². The Labute approximate surface area is 129 Å². The minimum atomic E-state index is -0.603. The van der Waals surface area contributed by atoms with Crippen molar-refractivity contribution in [2.75, 3.05) is 6.61 Å². The quantitative estimate of drug-likeness (QED) is 0.912. The molecule has 0 radical (unpaired) electrons. The van der Waals surface area contributed by atoms with Crippen LogP contribution in [0.15, 0.2) is 23.0 Å². The van der Waals surface area contributed by atoms with Crippen LogP contribution in [0.2, 0.25) is 0 Å². The Bertz CT molecular complexity index is 710. The minimum Gasteiger partial charge on any atom is -0.489 e. The van der Waals surface area contributed by atoms with Gasteiger partial charge in [0.25, 0.3) is 0 Å². The fourth-order valence-corrected chi connectivity index (χ4v) is 1.95. The number of hydrogen-bond acceptors (Lipinski definition) is 5. The van der Waals surface area contributed by atoms with Gasteiger partial charge in [-0.05, 0) is 40.5 Å². The molecule has 0 aliphatic carbocycles. The van der Waals surface area contributed by atoms with Crippen molar-refractivity contribution >= 4 is 0 Å². The number of hydrogen-bond donors (Lipinski definition) is 1. The Morgan fingerprint density at radius 1 is 1.32 bits per heavy atom. The second kappa shape index (κ2) is 5.92. The first-order valence-corrected chi connectivity index (χ1v) is 7.15. The Kier molecular flexibility index (Phi) is 4.37. The molecule has 22 heavy (non-hydrogen) atoms. The van der Waals surface area contributed by atoms with Crippen LogP contribution in [0.4, 0.5) is 0 Å². The predicted octanol–water partition coefficient (Wildman–Crippen LogP) is 1.02. The van der Waals surface area contributed by atoms with Crippen molar-refractivity contribution in [1.82, 2.24) is 19.8 Å². The van der Waals surface area contributed by atoms with Gasteiger partial charge in [0.15, 0.2) is 0 Å². The van der Waals surface area contributed by atoms with Gasteiger partial charge < -0.3 is 9.84 Å². The third kappa shape index (κ3) is 3.36. The number of tetrazole rings is 1. The van der Waals surface area contributed by atoms with Crippen LogP contribution in [0.5, 0.6) is 5.75 Å². The van der Waals surface area contributed by atoms with Gasteiger partial charge in [-0.2, -0.15) is 9.36 Å². The highest BCUT2D eigenvalue weighted by Gasteiger charge is 2.19. The normalized spacial score (nSPS) is 13.2. The first-order chi connectivity index (χ1) is 10.2. The van der Waals surface area contributed by atoms with Crippen molar-refractivity contribution in [3.8, 4) is 11.4 Å². The molecule has 0 saturated heterocycles. The van der Waals surface area contributed by atoms with Crippen LogP contribution in [0.1, 0.15) is 33.3 Å². The molecule has 1 aromatic heterocycles. The van der Waals surface area contributed by atoms with E-state index in [-0.39, 0.29) is 17.7 Å². The van der Waals surface area contributed by atoms with E-state index in [0.717, 1.165) is 10.2 Å². The van der Waals surface area contributed by atoms with Crippen molar-refractivity contribution in [3.63, 3.8) is 0 Å². The summed E-state index contributed by atoms with van der Waals surface area (Å²) in [5, 5.41) is 17.0. The number of rotatable bonds is 4. The smallest absolute Gasteiger partial charge is 0.368 e. The maximum Gasteiger partial charge on any atom is 0.368 e. The molecule has 0 bridgehead atoms. The molecule has 0 aliphatic heterocycles. The molecule has 2 aromatic rings. The molecule has 1 N–H and O–H groups in total. The van der Waals surface area contributed by atoms with Gasteiger partial charge in [-0.15, -0.1) is 0 Å². The van der Waals surface area contributed by atoms with E-state index in [2.05, 4.69) is 31.2 Å². The summed E-state index contributed by atoms with van der Waals surface area (Å²) in [5.41, 5.74) is 1.13. The van der Waals surface area contributed by atoms with E-state index >= 15 is 0 Å². The second-order valence-electron chi connectivity index (χ2n) is 6.39. The molecule has 0 spiro atoms. The standard InChI is InChI=1S/C15H22N4O3/c1-10(20)9-22-13-7-6-11(15(2,3)4)8-12(13)19-14(21)18(5)16-17-19/h6-8,10,20H,9H2,1-5H3. The van der Waals surface area contributed by atoms with E-state index in [1.54, 1.807) is 13.0 Å². The lowest BCUT2D eigenvalue weighted by Gasteiger charge is -2.21. The van der Waals surface area contributed by atoms with Crippen molar-refractivity contribution < 1.29 is 9.84 Å². The van der Waals surface area contributed by atoms with E-state index in [0.29, 0.717) is 11.4 Å². The molecule has 120 valence electrons. The molecule has 0 saturated carbocycles. The zero-order chi connectivity index (χ0) is 16.5. The van der Waals surface area contributed by atoms with E-state index < -0.39 is 6.10 Å². The lowest BCUT2D eigenvalue weighted by Crippen LogP contribution is -2.24. The number of aromatic nitrogens is 4. The van der Waals surface area contributed by atoms with E-state index in [1.165, 1.54) is 11.7 Å². The Balaban J connectivity index is 2.55. The monoisotopic (exact) mass is 306 g/mol. The van der Waals surface area contributed by atoms with Gasteiger partial charge in [0.2, 0.25) is 0 Å². The fourth-order valence-electron chi connectivity index (χ4n) is 1.95. The molecule has 0 fully saturated rings. The van der Waals surface area contributed by atoms with Crippen LogP contribution in [0.3, 0.4) is 0 Å². The Hall–Kier alpha value is -2.15. The fraction of sp³-hybridized carbons (Fsp3) is 0.533. The molecule has 2 rings (SSSR count). The number of aliphatic hydroxyl groups excluding tert-OH is 1. The van der Waals surface area contributed by atoms with E-state index in [4.69, 9.17) is 4.74 Å².